The van der Waals surface area contributed by atoms with Crippen LogP contribution in [0.15, 0.2) is 24.3 Å². The fourth-order valence-electron chi connectivity index (χ4n) is 3.45. The Hall–Kier alpha value is -1.39. The largest absolute Gasteiger partial charge is 0.368 e. The molecule has 1 amide bonds. The van der Waals surface area contributed by atoms with Gasteiger partial charge in [0.1, 0.15) is 6.10 Å². The molecule has 1 fully saturated rings. The standard InChI is InChI=1S/C17H24N2O2/c1-12-9-11-21-16(12)17(20)19-10-5-7-14(18-2)13-6-3-4-8-15(13)19/h3-4,6,8,12,14,16,18H,5,7,9-11H2,1-2H3. The molecule has 1 aromatic rings. The number of hydrogen-bond acceptors (Lipinski definition) is 3. The SMILES string of the molecule is CNC1CCCN(C(=O)C2OCCC2C)c2ccccc21. The van der Waals surface area contributed by atoms with Gasteiger partial charge in [0.05, 0.1) is 0 Å². The summed E-state index contributed by atoms with van der Waals surface area (Å²) in [5, 5.41) is 3.37. The number of para-hydroxylation sites is 1. The van der Waals surface area contributed by atoms with Gasteiger partial charge < -0.3 is 15.0 Å². The first-order valence-corrected chi connectivity index (χ1v) is 7.91. The zero-order chi connectivity index (χ0) is 14.8. The maximum atomic E-state index is 12.9. The number of carbonyl (C=O) groups is 1. The molecule has 1 aromatic carbocycles. The first-order valence-electron chi connectivity index (χ1n) is 7.91. The van der Waals surface area contributed by atoms with Crippen LogP contribution < -0.4 is 10.2 Å². The molecule has 0 bridgehead atoms. The smallest absolute Gasteiger partial charge is 0.256 e. The summed E-state index contributed by atoms with van der Waals surface area (Å²) in [6, 6.07) is 8.56. The number of nitrogens with zero attached hydrogens (tertiary/aromatic N) is 1. The van der Waals surface area contributed by atoms with Crippen molar-refractivity contribution in [2.24, 2.45) is 5.92 Å². The van der Waals surface area contributed by atoms with Gasteiger partial charge in [-0.25, -0.2) is 0 Å². The predicted octanol–water partition coefficient (Wildman–Crippen LogP) is 2.50. The van der Waals surface area contributed by atoms with Crippen LogP contribution >= 0.6 is 0 Å². The molecule has 4 nitrogen and oxygen atoms in total. The van der Waals surface area contributed by atoms with Crippen molar-refractivity contribution in [3.63, 3.8) is 0 Å². The Morgan fingerprint density at radius 1 is 1.33 bits per heavy atom. The van der Waals surface area contributed by atoms with Gasteiger partial charge in [-0.15, -0.1) is 0 Å². The van der Waals surface area contributed by atoms with Gasteiger partial charge in [-0.05, 0) is 43.9 Å². The van der Waals surface area contributed by atoms with Crippen LogP contribution in [-0.2, 0) is 9.53 Å². The van der Waals surface area contributed by atoms with E-state index in [1.165, 1.54) is 5.56 Å². The minimum atomic E-state index is -0.274. The van der Waals surface area contributed by atoms with E-state index in [1.54, 1.807) is 0 Å². The number of amides is 1. The first-order chi connectivity index (χ1) is 10.2. The van der Waals surface area contributed by atoms with Crippen molar-refractivity contribution in [1.82, 2.24) is 5.32 Å². The lowest BCUT2D eigenvalue weighted by atomic mass is 10.0. The summed E-state index contributed by atoms with van der Waals surface area (Å²) in [5.74, 6) is 0.442. The van der Waals surface area contributed by atoms with Crippen molar-refractivity contribution in [3.8, 4) is 0 Å². The molecule has 0 spiro atoms. The summed E-state index contributed by atoms with van der Waals surface area (Å²) >= 11 is 0. The van der Waals surface area contributed by atoms with Gasteiger partial charge in [-0.2, -0.15) is 0 Å². The van der Waals surface area contributed by atoms with E-state index in [1.807, 2.05) is 24.1 Å². The van der Waals surface area contributed by atoms with E-state index in [-0.39, 0.29) is 12.0 Å². The molecule has 2 aliphatic heterocycles. The molecule has 3 rings (SSSR count). The second kappa shape index (κ2) is 6.16. The molecule has 3 unspecified atom stereocenters. The van der Waals surface area contributed by atoms with Crippen LogP contribution in [-0.4, -0.2) is 32.2 Å². The summed E-state index contributed by atoms with van der Waals surface area (Å²) in [6.07, 6.45) is 2.76. The van der Waals surface area contributed by atoms with E-state index in [2.05, 4.69) is 24.4 Å². The normalized spacial score (nSPS) is 29.0. The van der Waals surface area contributed by atoms with Crippen molar-refractivity contribution in [2.45, 2.75) is 38.3 Å². The lowest BCUT2D eigenvalue weighted by molar-refractivity contribution is -0.128. The predicted molar refractivity (Wildman–Crippen MR) is 83.4 cm³/mol. The van der Waals surface area contributed by atoms with Crippen molar-refractivity contribution < 1.29 is 9.53 Å². The van der Waals surface area contributed by atoms with Crippen molar-refractivity contribution >= 4 is 11.6 Å². The number of rotatable bonds is 2. The molecule has 1 N–H and O–H groups in total. The van der Waals surface area contributed by atoms with Gasteiger partial charge in [0, 0.05) is 24.9 Å². The quantitative estimate of drug-likeness (QED) is 0.909. The maximum Gasteiger partial charge on any atom is 0.256 e. The van der Waals surface area contributed by atoms with Gasteiger partial charge in [0.15, 0.2) is 0 Å². The molecule has 1 saturated heterocycles. The zero-order valence-electron chi connectivity index (χ0n) is 12.8. The van der Waals surface area contributed by atoms with Crippen LogP contribution in [0.5, 0.6) is 0 Å². The van der Waals surface area contributed by atoms with Crippen LogP contribution in [0.2, 0.25) is 0 Å². The molecule has 2 heterocycles. The summed E-state index contributed by atoms with van der Waals surface area (Å²) in [6.45, 7) is 3.59. The van der Waals surface area contributed by atoms with E-state index < -0.39 is 0 Å². The van der Waals surface area contributed by atoms with Crippen LogP contribution in [0.3, 0.4) is 0 Å². The van der Waals surface area contributed by atoms with Gasteiger partial charge in [-0.3, -0.25) is 4.79 Å². The zero-order valence-corrected chi connectivity index (χ0v) is 12.8. The number of fused-ring (bicyclic) bond motifs is 1. The minimum Gasteiger partial charge on any atom is -0.368 e. The number of ether oxygens (including phenoxy) is 1. The Bertz CT molecular complexity index is 517. The molecular weight excluding hydrogens is 264 g/mol. The highest BCUT2D eigenvalue weighted by molar-refractivity contribution is 5.97. The Balaban J connectivity index is 1.93. The second-order valence-corrected chi connectivity index (χ2v) is 6.09. The lowest BCUT2D eigenvalue weighted by Gasteiger charge is -2.27. The highest BCUT2D eigenvalue weighted by Crippen LogP contribution is 2.34. The lowest BCUT2D eigenvalue weighted by Crippen LogP contribution is -2.41. The first kappa shape index (κ1) is 14.5. The Labute approximate surface area is 126 Å². The number of nitrogens with one attached hydrogen (secondary N) is 1. The fraction of sp³-hybridized carbons (Fsp3) is 0.588. The van der Waals surface area contributed by atoms with Crippen LogP contribution in [0.4, 0.5) is 5.69 Å². The van der Waals surface area contributed by atoms with E-state index in [0.29, 0.717) is 18.6 Å². The average molecular weight is 288 g/mol. The van der Waals surface area contributed by atoms with Crippen molar-refractivity contribution in [3.05, 3.63) is 29.8 Å². The fourth-order valence-corrected chi connectivity index (χ4v) is 3.45. The molecule has 0 saturated carbocycles. The maximum absolute atomic E-state index is 12.9. The van der Waals surface area contributed by atoms with Crippen molar-refractivity contribution in [2.75, 3.05) is 25.1 Å². The third-order valence-corrected chi connectivity index (χ3v) is 4.72. The van der Waals surface area contributed by atoms with E-state index in [4.69, 9.17) is 4.74 Å². The van der Waals surface area contributed by atoms with E-state index >= 15 is 0 Å². The van der Waals surface area contributed by atoms with Gasteiger partial charge in [0.25, 0.3) is 5.91 Å². The van der Waals surface area contributed by atoms with Gasteiger partial charge >= 0.3 is 0 Å². The molecule has 4 heteroatoms. The van der Waals surface area contributed by atoms with Gasteiger partial charge in [0.2, 0.25) is 0 Å². The third-order valence-electron chi connectivity index (χ3n) is 4.72. The van der Waals surface area contributed by atoms with E-state index in [0.717, 1.165) is 31.5 Å². The number of carbonyl (C=O) groups excluding carboxylic acids is 1. The molecule has 0 aromatic heterocycles. The number of benzene rings is 1. The van der Waals surface area contributed by atoms with Crippen LogP contribution in [0.25, 0.3) is 0 Å². The number of hydrogen-bond donors (Lipinski definition) is 1. The molecule has 21 heavy (non-hydrogen) atoms. The molecule has 3 atom stereocenters. The Morgan fingerprint density at radius 3 is 2.86 bits per heavy atom. The number of anilines is 1. The summed E-state index contributed by atoms with van der Waals surface area (Å²) in [5.41, 5.74) is 2.26. The molecular formula is C17H24N2O2. The molecule has 2 aliphatic rings. The summed E-state index contributed by atoms with van der Waals surface area (Å²) in [4.78, 5) is 14.8. The highest BCUT2D eigenvalue weighted by Gasteiger charge is 2.36. The van der Waals surface area contributed by atoms with Crippen molar-refractivity contribution in [1.29, 1.82) is 0 Å². The Morgan fingerprint density at radius 2 is 2.14 bits per heavy atom. The summed E-state index contributed by atoms with van der Waals surface area (Å²) in [7, 11) is 1.99. The second-order valence-electron chi connectivity index (χ2n) is 6.09. The summed E-state index contributed by atoms with van der Waals surface area (Å²) < 4.78 is 5.68. The molecule has 114 valence electrons. The topological polar surface area (TPSA) is 41.6 Å². The highest BCUT2D eigenvalue weighted by atomic mass is 16.5. The average Bonchev–Trinajstić information content (AvgIpc) is 2.84. The van der Waals surface area contributed by atoms with E-state index in [9.17, 15) is 4.79 Å². The van der Waals surface area contributed by atoms with Gasteiger partial charge in [-0.1, -0.05) is 25.1 Å². The Kier molecular flexibility index (Phi) is 4.27. The minimum absolute atomic E-state index is 0.129. The van der Waals surface area contributed by atoms with Crippen LogP contribution in [0, 0.1) is 5.92 Å². The molecule has 0 aliphatic carbocycles. The molecule has 0 radical (unpaired) electrons. The third kappa shape index (κ3) is 2.70. The monoisotopic (exact) mass is 288 g/mol. The van der Waals surface area contributed by atoms with Crippen LogP contribution in [0.1, 0.15) is 37.8 Å².